The number of unbranched alkanes of at least 4 members (excludes halogenated alkanes) is 1. The predicted molar refractivity (Wildman–Crippen MR) is 70.2 cm³/mol. The second kappa shape index (κ2) is 8.36. The molecule has 1 aromatic rings. The fourth-order valence-electron chi connectivity index (χ4n) is 1.37. The lowest BCUT2D eigenvalue weighted by Crippen LogP contribution is -2.13. The lowest BCUT2D eigenvalue weighted by Gasteiger charge is -2.08. The van der Waals surface area contributed by atoms with Gasteiger partial charge in [-0.1, -0.05) is 30.6 Å². The quantitative estimate of drug-likeness (QED) is 0.244. The van der Waals surface area contributed by atoms with Crippen LogP contribution < -0.4 is 10.5 Å². The molecule has 0 amide bonds. The zero-order valence-electron chi connectivity index (χ0n) is 10.6. The van der Waals surface area contributed by atoms with Crippen molar-refractivity contribution in [1.82, 2.24) is 0 Å². The highest BCUT2D eigenvalue weighted by atomic mass is 16.5. The van der Waals surface area contributed by atoms with Crippen molar-refractivity contribution < 1.29 is 14.7 Å². The molecule has 0 fully saturated rings. The first-order chi connectivity index (χ1) is 8.77. The Hall–Kier alpha value is -1.75. The normalized spacial score (nSPS) is 11.5. The Bertz CT molecular complexity index is 380. The van der Waals surface area contributed by atoms with E-state index >= 15 is 0 Å². The number of benzene rings is 1. The van der Waals surface area contributed by atoms with Crippen LogP contribution in [-0.2, 0) is 4.74 Å². The van der Waals surface area contributed by atoms with Gasteiger partial charge in [-0.3, -0.25) is 0 Å². The molecule has 0 saturated heterocycles. The fraction of sp³-hybridized carbons (Fsp3) is 0.462. The van der Waals surface area contributed by atoms with Gasteiger partial charge in [0.05, 0.1) is 6.61 Å². The molecule has 5 nitrogen and oxygen atoms in total. The summed E-state index contributed by atoms with van der Waals surface area (Å²) in [5.41, 5.74) is 6.12. The molecule has 1 aromatic carbocycles. The summed E-state index contributed by atoms with van der Waals surface area (Å²) in [5, 5.41) is 11.5. The molecular weight excluding hydrogens is 232 g/mol. The van der Waals surface area contributed by atoms with E-state index in [2.05, 4.69) is 12.1 Å². The maximum atomic E-state index is 8.58. The van der Waals surface area contributed by atoms with Crippen molar-refractivity contribution in [3.8, 4) is 5.75 Å². The smallest absolute Gasteiger partial charge is 0.170 e. The predicted octanol–water partition coefficient (Wildman–Crippen LogP) is 1.98. The molecule has 5 heteroatoms. The van der Waals surface area contributed by atoms with Gasteiger partial charge in [-0.05, 0) is 18.6 Å². The third-order valence-corrected chi connectivity index (χ3v) is 2.38. The van der Waals surface area contributed by atoms with Gasteiger partial charge in [0.15, 0.2) is 5.84 Å². The van der Waals surface area contributed by atoms with E-state index in [-0.39, 0.29) is 5.84 Å². The number of hydrogen-bond acceptors (Lipinski definition) is 4. The van der Waals surface area contributed by atoms with Crippen LogP contribution in [-0.4, -0.2) is 30.9 Å². The van der Waals surface area contributed by atoms with Gasteiger partial charge in [0, 0.05) is 12.2 Å². The number of oxime groups is 1. The molecule has 0 aliphatic heterocycles. The summed E-state index contributed by atoms with van der Waals surface area (Å²) in [7, 11) is 0. The van der Waals surface area contributed by atoms with Crippen LogP contribution >= 0.6 is 0 Å². The average molecular weight is 252 g/mol. The lowest BCUT2D eigenvalue weighted by molar-refractivity contribution is 0.0980. The highest BCUT2D eigenvalue weighted by molar-refractivity contribution is 5.97. The third kappa shape index (κ3) is 5.05. The van der Waals surface area contributed by atoms with E-state index in [1.54, 1.807) is 18.2 Å². The summed E-state index contributed by atoms with van der Waals surface area (Å²) in [5.74, 6) is 0.748. The topological polar surface area (TPSA) is 77.1 Å². The van der Waals surface area contributed by atoms with Gasteiger partial charge in [0.2, 0.25) is 0 Å². The Kier molecular flexibility index (Phi) is 6.64. The van der Waals surface area contributed by atoms with E-state index in [9.17, 15) is 0 Å². The summed E-state index contributed by atoms with van der Waals surface area (Å²) in [4.78, 5) is 0. The Balaban J connectivity index is 2.34. The van der Waals surface area contributed by atoms with Crippen LogP contribution in [0.1, 0.15) is 25.3 Å². The van der Waals surface area contributed by atoms with E-state index in [0.29, 0.717) is 24.5 Å². The number of rotatable bonds is 8. The lowest BCUT2D eigenvalue weighted by atomic mass is 10.2. The van der Waals surface area contributed by atoms with E-state index in [0.717, 1.165) is 19.4 Å². The summed E-state index contributed by atoms with van der Waals surface area (Å²) in [6.07, 6.45) is 2.20. The van der Waals surface area contributed by atoms with E-state index in [1.165, 1.54) is 0 Å². The van der Waals surface area contributed by atoms with Crippen molar-refractivity contribution >= 4 is 5.84 Å². The molecule has 0 aromatic heterocycles. The van der Waals surface area contributed by atoms with Crippen LogP contribution in [0.25, 0.3) is 0 Å². The molecule has 3 N–H and O–H groups in total. The zero-order chi connectivity index (χ0) is 13.2. The molecule has 0 heterocycles. The standard InChI is InChI=1S/C13H20N2O3/c1-2-3-7-17-8-9-18-12-6-4-5-11(10-12)13(14)15-16/h4-6,10,16H,2-3,7-9H2,1H3,(H2,14,15). The van der Waals surface area contributed by atoms with Gasteiger partial charge in [0.25, 0.3) is 0 Å². The SMILES string of the molecule is CCCCOCCOc1cccc(/C(N)=N/O)c1. The van der Waals surface area contributed by atoms with Crippen molar-refractivity contribution in [3.05, 3.63) is 29.8 Å². The Morgan fingerprint density at radius 1 is 1.33 bits per heavy atom. The van der Waals surface area contributed by atoms with Gasteiger partial charge in [-0.25, -0.2) is 0 Å². The number of nitrogens with two attached hydrogens (primary N) is 1. The van der Waals surface area contributed by atoms with Crippen molar-refractivity contribution in [1.29, 1.82) is 0 Å². The van der Waals surface area contributed by atoms with Crippen molar-refractivity contribution in [2.24, 2.45) is 10.9 Å². The Morgan fingerprint density at radius 3 is 2.89 bits per heavy atom. The molecule has 0 bridgehead atoms. The molecule has 1 rings (SSSR count). The average Bonchev–Trinajstić information content (AvgIpc) is 2.42. The van der Waals surface area contributed by atoms with Gasteiger partial charge in [0.1, 0.15) is 12.4 Å². The first-order valence-electron chi connectivity index (χ1n) is 6.06. The number of nitrogens with zero attached hydrogens (tertiary/aromatic N) is 1. The number of ether oxygens (including phenoxy) is 2. The fourth-order valence-corrected chi connectivity index (χ4v) is 1.37. The second-order valence-corrected chi connectivity index (χ2v) is 3.83. The van der Waals surface area contributed by atoms with Crippen molar-refractivity contribution in [2.45, 2.75) is 19.8 Å². The summed E-state index contributed by atoms with van der Waals surface area (Å²) >= 11 is 0. The van der Waals surface area contributed by atoms with E-state index in [1.807, 2.05) is 6.07 Å². The van der Waals surface area contributed by atoms with E-state index in [4.69, 9.17) is 20.4 Å². The zero-order valence-corrected chi connectivity index (χ0v) is 10.6. The molecule has 18 heavy (non-hydrogen) atoms. The van der Waals surface area contributed by atoms with Crippen LogP contribution in [0.3, 0.4) is 0 Å². The number of amidine groups is 1. The van der Waals surface area contributed by atoms with Gasteiger partial charge < -0.3 is 20.4 Å². The molecule has 0 aliphatic carbocycles. The second-order valence-electron chi connectivity index (χ2n) is 3.83. The van der Waals surface area contributed by atoms with Crippen molar-refractivity contribution in [3.63, 3.8) is 0 Å². The summed E-state index contributed by atoms with van der Waals surface area (Å²) in [6.45, 7) is 3.94. The third-order valence-electron chi connectivity index (χ3n) is 2.38. The highest BCUT2D eigenvalue weighted by Gasteiger charge is 2.01. The Labute approximate surface area is 107 Å². The van der Waals surface area contributed by atoms with Gasteiger partial charge in [-0.2, -0.15) is 0 Å². The maximum absolute atomic E-state index is 8.58. The summed E-state index contributed by atoms with van der Waals surface area (Å²) < 4.78 is 10.9. The molecule has 0 spiro atoms. The molecule has 0 atom stereocenters. The number of hydrogen-bond donors (Lipinski definition) is 2. The molecule has 0 aliphatic rings. The van der Waals surface area contributed by atoms with Crippen LogP contribution in [0.4, 0.5) is 0 Å². The minimum Gasteiger partial charge on any atom is -0.491 e. The van der Waals surface area contributed by atoms with Crippen LogP contribution in [0, 0.1) is 0 Å². The van der Waals surface area contributed by atoms with Crippen molar-refractivity contribution in [2.75, 3.05) is 19.8 Å². The van der Waals surface area contributed by atoms with Gasteiger partial charge in [-0.15, -0.1) is 0 Å². The first kappa shape index (κ1) is 14.3. The van der Waals surface area contributed by atoms with Crippen LogP contribution in [0.5, 0.6) is 5.75 Å². The molecule has 100 valence electrons. The highest BCUT2D eigenvalue weighted by Crippen LogP contribution is 2.12. The molecule has 0 radical (unpaired) electrons. The Morgan fingerprint density at radius 2 is 2.17 bits per heavy atom. The van der Waals surface area contributed by atoms with Crippen LogP contribution in [0.2, 0.25) is 0 Å². The minimum atomic E-state index is 0.0691. The first-order valence-corrected chi connectivity index (χ1v) is 6.06. The minimum absolute atomic E-state index is 0.0691. The van der Waals surface area contributed by atoms with E-state index < -0.39 is 0 Å². The summed E-state index contributed by atoms with van der Waals surface area (Å²) in [6, 6.07) is 7.08. The monoisotopic (exact) mass is 252 g/mol. The van der Waals surface area contributed by atoms with Gasteiger partial charge >= 0.3 is 0 Å². The maximum Gasteiger partial charge on any atom is 0.170 e. The van der Waals surface area contributed by atoms with Crippen LogP contribution in [0.15, 0.2) is 29.4 Å². The largest absolute Gasteiger partial charge is 0.491 e. The molecular formula is C13H20N2O3. The molecule has 0 saturated carbocycles. The molecule has 0 unspecified atom stereocenters.